The van der Waals surface area contributed by atoms with Crippen molar-refractivity contribution in [1.82, 2.24) is 4.98 Å². The van der Waals surface area contributed by atoms with E-state index in [9.17, 15) is 0 Å². The summed E-state index contributed by atoms with van der Waals surface area (Å²) in [6.07, 6.45) is 1.71. The Balaban J connectivity index is 2.37. The summed E-state index contributed by atoms with van der Waals surface area (Å²) in [5.74, 6) is 1.34. The topological polar surface area (TPSA) is 26.0 Å². The zero-order valence-corrected chi connectivity index (χ0v) is 11.4. The van der Waals surface area contributed by atoms with Crippen molar-refractivity contribution in [3.8, 4) is 10.6 Å². The van der Waals surface area contributed by atoms with Crippen molar-refractivity contribution >= 4 is 38.9 Å². The molecule has 80 valence electrons. The molecule has 2 aromatic heterocycles. The van der Waals surface area contributed by atoms with Crippen molar-refractivity contribution in [2.75, 3.05) is 0 Å². The van der Waals surface area contributed by atoms with Gasteiger partial charge in [-0.15, -0.1) is 22.9 Å². The van der Waals surface area contributed by atoms with Gasteiger partial charge in [-0.25, -0.2) is 4.98 Å². The van der Waals surface area contributed by atoms with Crippen molar-refractivity contribution < 1.29 is 4.42 Å². The minimum atomic E-state index is -0.191. The van der Waals surface area contributed by atoms with Gasteiger partial charge in [-0.05, 0) is 41.4 Å². The predicted molar refractivity (Wildman–Crippen MR) is 66.5 cm³/mol. The molecule has 2 heterocycles. The van der Waals surface area contributed by atoms with E-state index in [2.05, 4.69) is 27.0 Å². The van der Waals surface area contributed by atoms with Gasteiger partial charge in [0.2, 0.25) is 5.89 Å². The lowest BCUT2D eigenvalue weighted by atomic mass is 10.3. The van der Waals surface area contributed by atoms with Crippen LogP contribution >= 0.6 is 38.9 Å². The number of alkyl halides is 1. The quantitative estimate of drug-likeness (QED) is 0.747. The lowest BCUT2D eigenvalue weighted by Gasteiger charge is -1.93. The molecule has 1 unspecified atom stereocenters. The van der Waals surface area contributed by atoms with Gasteiger partial charge in [-0.3, -0.25) is 0 Å². The SMILES string of the molecule is Cc1cc(-c2cnc(C(C)Cl)o2)sc1Br. The highest BCUT2D eigenvalue weighted by molar-refractivity contribution is 9.11. The zero-order chi connectivity index (χ0) is 11.0. The number of rotatable bonds is 2. The van der Waals surface area contributed by atoms with Crippen LogP contribution in [0.2, 0.25) is 0 Å². The van der Waals surface area contributed by atoms with Crippen LogP contribution in [-0.4, -0.2) is 4.98 Å². The lowest BCUT2D eigenvalue weighted by Crippen LogP contribution is -1.80. The highest BCUT2D eigenvalue weighted by Gasteiger charge is 2.13. The van der Waals surface area contributed by atoms with E-state index in [4.69, 9.17) is 16.0 Å². The van der Waals surface area contributed by atoms with E-state index in [1.807, 2.05) is 13.8 Å². The number of hydrogen-bond acceptors (Lipinski definition) is 3. The van der Waals surface area contributed by atoms with Gasteiger partial charge in [0.25, 0.3) is 0 Å². The van der Waals surface area contributed by atoms with Gasteiger partial charge in [-0.2, -0.15) is 0 Å². The van der Waals surface area contributed by atoms with E-state index < -0.39 is 0 Å². The first kappa shape index (κ1) is 11.2. The van der Waals surface area contributed by atoms with Crippen LogP contribution in [-0.2, 0) is 0 Å². The Morgan fingerprint density at radius 3 is 2.80 bits per heavy atom. The van der Waals surface area contributed by atoms with Crippen LogP contribution in [0, 0.1) is 6.92 Å². The Labute approximate surface area is 105 Å². The van der Waals surface area contributed by atoms with E-state index in [1.165, 1.54) is 5.56 Å². The molecule has 0 aliphatic carbocycles. The monoisotopic (exact) mass is 305 g/mol. The maximum Gasteiger partial charge on any atom is 0.212 e. The molecule has 0 saturated carbocycles. The Kier molecular flexibility index (Phi) is 3.19. The number of halogens is 2. The molecule has 0 saturated heterocycles. The largest absolute Gasteiger partial charge is 0.438 e. The van der Waals surface area contributed by atoms with Crippen LogP contribution in [0.4, 0.5) is 0 Å². The first-order valence-corrected chi connectivity index (χ1v) is 6.48. The van der Waals surface area contributed by atoms with Gasteiger partial charge in [0.05, 0.1) is 14.9 Å². The number of nitrogens with zero attached hydrogens (tertiary/aromatic N) is 1. The third-order valence-corrected chi connectivity index (χ3v) is 4.30. The average molecular weight is 307 g/mol. The third kappa shape index (κ3) is 2.27. The van der Waals surface area contributed by atoms with E-state index in [0.29, 0.717) is 5.89 Å². The third-order valence-electron chi connectivity index (χ3n) is 1.96. The molecule has 0 radical (unpaired) electrons. The van der Waals surface area contributed by atoms with E-state index in [-0.39, 0.29) is 5.38 Å². The predicted octanol–water partition coefficient (Wildman–Crippen LogP) is 4.77. The summed E-state index contributed by atoms with van der Waals surface area (Å²) in [6, 6.07) is 2.07. The molecule has 0 aliphatic heterocycles. The van der Waals surface area contributed by atoms with E-state index in [0.717, 1.165) is 14.4 Å². The minimum absolute atomic E-state index is 0.191. The maximum absolute atomic E-state index is 5.88. The molecule has 0 amide bonds. The molecule has 2 nitrogen and oxygen atoms in total. The molecule has 15 heavy (non-hydrogen) atoms. The fourth-order valence-corrected chi connectivity index (χ4v) is 2.75. The van der Waals surface area contributed by atoms with Crippen LogP contribution in [0.15, 0.2) is 20.5 Å². The molecule has 0 aliphatic rings. The van der Waals surface area contributed by atoms with Gasteiger partial charge < -0.3 is 4.42 Å². The average Bonchev–Trinajstić information content (AvgIpc) is 2.74. The summed E-state index contributed by atoms with van der Waals surface area (Å²) < 4.78 is 6.67. The molecule has 1 atom stereocenters. The molecular formula is C10H9BrClNOS. The molecule has 0 fully saturated rings. The van der Waals surface area contributed by atoms with Gasteiger partial charge in [0.15, 0.2) is 5.76 Å². The fourth-order valence-electron chi connectivity index (χ4n) is 1.17. The van der Waals surface area contributed by atoms with Gasteiger partial charge in [0, 0.05) is 0 Å². The molecule has 0 N–H and O–H groups in total. The summed E-state index contributed by atoms with van der Waals surface area (Å²) in [6.45, 7) is 3.89. The van der Waals surface area contributed by atoms with E-state index >= 15 is 0 Å². The highest BCUT2D eigenvalue weighted by Crippen LogP contribution is 2.35. The highest BCUT2D eigenvalue weighted by atomic mass is 79.9. The molecule has 0 bridgehead atoms. The van der Waals surface area contributed by atoms with Crippen molar-refractivity contribution in [3.63, 3.8) is 0 Å². The van der Waals surface area contributed by atoms with Crippen LogP contribution in [0.5, 0.6) is 0 Å². The van der Waals surface area contributed by atoms with Gasteiger partial charge >= 0.3 is 0 Å². The van der Waals surface area contributed by atoms with Crippen LogP contribution in [0.1, 0.15) is 23.8 Å². The Morgan fingerprint density at radius 2 is 2.33 bits per heavy atom. The minimum Gasteiger partial charge on any atom is -0.438 e. The van der Waals surface area contributed by atoms with Gasteiger partial charge in [-0.1, -0.05) is 0 Å². The Bertz CT molecular complexity index is 458. The number of oxazole rings is 1. The second kappa shape index (κ2) is 4.28. The lowest BCUT2D eigenvalue weighted by molar-refractivity contribution is 0.509. The second-order valence-electron chi connectivity index (χ2n) is 3.25. The number of aromatic nitrogens is 1. The van der Waals surface area contributed by atoms with Crippen molar-refractivity contribution in [2.24, 2.45) is 0 Å². The zero-order valence-electron chi connectivity index (χ0n) is 8.25. The Morgan fingerprint density at radius 1 is 1.60 bits per heavy atom. The molecule has 0 aromatic carbocycles. The summed E-state index contributed by atoms with van der Waals surface area (Å²) in [5, 5.41) is -0.191. The maximum atomic E-state index is 5.88. The van der Waals surface area contributed by atoms with Crippen LogP contribution in [0.25, 0.3) is 10.6 Å². The number of thiophene rings is 1. The van der Waals surface area contributed by atoms with Gasteiger partial charge in [0.1, 0.15) is 5.38 Å². The fraction of sp³-hybridized carbons (Fsp3) is 0.300. The van der Waals surface area contributed by atoms with E-state index in [1.54, 1.807) is 17.5 Å². The molecular weight excluding hydrogens is 298 g/mol. The first-order chi connectivity index (χ1) is 7.08. The number of hydrogen-bond donors (Lipinski definition) is 0. The summed E-state index contributed by atoms with van der Waals surface area (Å²) in [7, 11) is 0. The molecule has 5 heteroatoms. The summed E-state index contributed by atoms with van der Waals surface area (Å²) >= 11 is 11.0. The standard InChI is InChI=1S/C10H9BrClNOS/c1-5-3-8(15-9(5)11)7-4-13-10(14-7)6(2)12/h3-4,6H,1-2H3. The second-order valence-corrected chi connectivity index (χ2v) is 6.27. The summed E-state index contributed by atoms with van der Waals surface area (Å²) in [5.41, 5.74) is 1.20. The molecule has 0 spiro atoms. The van der Waals surface area contributed by atoms with Crippen molar-refractivity contribution in [1.29, 1.82) is 0 Å². The molecule has 2 aromatic rings. The summed E-state index contributed by atoms with van der Waals surface area (Å²) in [4.78, 5) is 5.19. The van der Waals surface area contributed by atoms with Crippen LogP contribution < -0.4 is 0 Å². The van der Waals surface area contributed by atoms with Crippen molar-refractivity contribution in [2.45, 2.75) is 19.2 Å². The van der Waals surface area contributed by atoms with Crippen molar-refractivity contribution in [3.05, 3.63) is 27.5 Å². The smallest absolute Gasteiger partial charge is 0.212 e. The molecule has 2 rings (SSSR count). The number of aryl methyl sites for hydroxylation is 1. The first-order valence-electron chi connectivity index (χ1n) is 4.44. The Hall–Kier alpha value is -0.320. The normalized spacial score (nSPS) is 13.1. The van der Waals surface area contributed by atoms with Crippen LogP contribution in [0.3, 0.4) is 0 Å².